The number of rotatable bonds is 8. The summed E-state index contributed by atoms with van der Waals surface area (Å²) in [6, 6.07) is -1.03. The molecular weight excluding hydrogens is 334 g/mol. The molecule has 1 rings (SSSR count). The Morgan fingerprint density at radius 2 is 2.00 bits per heavy atom. The first kappa shape index (κ1) is 22.0. The summed E-state index contributed by atoms with van der Waals surface area (Å²) >= 11 is 0. The summed E-state index contributed by atoms with van der Waals surface area (Å²) in [7, 11) is 0. The maximum Gasteiger partial charge on any atom is 0.408 e. The average Bonchev–Trinajstić information content (AvgIpc) is 2.88. The first-order chi connectivity index (χ1) is 12.0. The SMILES string of the molecule is C=CC(C[C@@H]1CCNC1=O)NC(=O)[C@H](CC(C)C)NC(=O)OC(C)(C)C. The molecule has 7 heteroatoms. The molecule has 0 spiro atoms. The van der Waals surface area contributed by atoms with Crippen molar-refractivity contribution >= 4 is 17.9 Å². The molecule has 0 saturated carbocycles. The Kier molecular flexibility index (Phi) is 8.11. The van der Waals surface area contributed by atoms with Crippen LogP contribution in [-0.4, -0.2) is 42.1 Å². The van der Waals surface area contributed by atoms with E-state index in [4.69, 9.17) is 4.74 Å². The van der Waals surface area contributed by atoms with Crippen LogP contribution < -0.4 is 16.0 Å². The van der Waals surface area contributed by atoms with Crippen LogP contribution in [0.4, 0.5) is 4.79 Å². The molecule has 1 aliphatic rings. The highest BCUT2D eigenvalue weighted by Gasteiger charge is 2.29. The first-order valence-electron chi connectivity index (χ1n) is 9.22. The van der Waals surface area contributed by atoms with Crippen LogP contribution in [0.5, 0.6) is 0 Å². The van der Waals surface area contributed by atoms with Gasteiger partial charge in [0.15, 0.2) is 0 Å². The number of hydrogen-bond donors (Lipinski definition) is 3. The van der Waals surface area contributed by atoms with Crippen molar-refractivity contribution < 1.29 is 19.1 Å². The van der Waals surface area contributed by atoms with Gasteiger partial charge in [0, 0.05) is 18.5 Å². The number of hydrogen-bond acceptors (Lipinski definition) is 4. The fourth-order valence-electron chi connectivity index (χ4n) is 2.83. The van der Waals surface area contributed by atoms with Crippen molar-refractivity contribution in [1.82, 2.24) is 16.0 Å². The van der Waals surface area contributed by atoms with Gasteiger partial charge in [0.2, 0.25) is 11.8 Å². The molecule has 3 amide bonds. The van der Waals surface area contributed by atoms with E-state index in [2.05, 4.69) is 22.5 Å². The van der Waals surface area contributed by atoms with E-state index in [1.165, 1.54) is 0 Å². The van der Waals surface area contributed by atoms with Crippen LogP contribution in [-0.2, 0) is 14.3 Å². The third kappa shape index (κ3) is 7.89. The van der Waals surface area contributed by atoms with E-state index in [-0.39, 0.29) is 29.7 Å². The monoisotopic (exact) mass is 367 g/mol. The fraction of sp³-hybridized carbons (Fsp3) is 0.737. The largest absolute Gasteiger partial charge is 0.444 e. The molecule has 1 saturated heterocycles. The third-order valence-electron chi connectivity index (χ3n) is 4.03. The molecule has 0 aromatic rings. The van der Waals surface area contributed by atoms with Gasteiger partial charge in [-0.3, -0.25) is 9.59 Å². The lowest BCUT2D eigenvalue weighted by atomic mass is 9.97. The van der Waals surface area contributed by atoms with Crippen LogP contribution in [0, 0.1) is 11.8 Å². The van der Waals surface area contributed by atoms with Crippen molar-refractivity contribution in [3.63, 3.8) is 0 Å². The molecule has 0 aromatic heterocycles. The van der Waals surface area contributed by atoms with Crippen molar-refractivity contribution in [3.05, 3.63) is 12.7 Å². The Hall–Kier alpha value is -2.05. The molecule has 26 heavy (non-hydrogen) atoms. The number of amides is 3. The van der Waals surface area contributed by atoms with E-state index >= 15 is 0 Å². The summed E-state index contributed by atoms with van der Waals surface area (Å²) in [4.78, 5) is 36.5. The molecule has 1 aliphatic heterocycles. The second-order valence-electron chi connectivity index (χ2n) is 8.19. The maximum atomic E-state index is 12.7. The second-order valence-corrected chi connectivity index (χ2v) is 8.19. The van der Waals surface area contributed by atoms with Gasteiger partial charge < -0.3 is 20.7 Å². The van der Waals surface area contributed by atoms with Crippen molar-refractivity contribution in [1.29, 1.82) is 0 Å². The van der Waals surface area contributed by atoms with Crippen LogP contribution in [0.3, 0.4) is 0 Å². The van der Waals surface area contributed by atoms with Crippen LogP contribution in [0.1, 0.15) is 53.9 Å². The van der Waals surface area contributed by atoms with Crippen molar-refractivity contribution in [3.8, 4) is 0 Å². The number of carbonyl (C=O) groups excluding carboxylic acids is 3. The molecule has 1 heterocycles. The van der Waals surface area contributed by atoms with Crippen molar-refractivity contribution in [2.45, 2.75) is 71.6 Å². The Bertz CT molecular complexity index is 525. The van der Waals surface area contributed by atoms with E-state index in [9.17, 15) is 14.4 Å². The van der Waals surface area contributed by atoms with Gasteiger partial charge in [-0.2, -0.15) is 0 Å². The van der Waals surface area contributed by atoms with Gasteiger partial charge in [0.25, 0.3) is 0 Å². The summed E-state index contributed by atoms with van der Waals surface area (Å²) in [5, 5.41) is 8.32. The van der Waals surface area contributed by atoms with E-state index in [1.807, 2.05) is 13.8 Å². The zero-order valence-electron chi connectivity index (χ0n) is 16.6. The molecule has 0 radical (unpaired) electrons. The summed E-state index contributed by atoms with van der Waals surface area (Å²) < 4.78 is 5.25. The van der Waals surface area contributed by atoms with Crippen molar-refractivity contribution in [2.24, 2.45) is 11.8 Å². The second kappa shape index (κ2) is 9.59. The average molecular weight is 367 g/mol. The van der Waals surface area contributed by atoms with E-state index < -0.39 is 17.7 Å². The smallest absolute Gasteiger partial charge is 0.408 e. The van der Waals surface area contributed by atoms with E-state index in [0.29, 0.717) is 19.4 Å². The van der Waals surface area contributed by atoms with Gasteiger partial charge in [0.1, 0.15) is 11.6 Å². The maximum absolute atomic E-state index is 12.7. The molecule has 0 bridgehead atoms. The predicted molar refractivity (Wildman–Crippen MR) is 100 cm³/mol. The molecule has 1 fully saturated rings. The molecule has 3 atom stereocenters. The Labute approximate surface area is 156 Å². The molecule has 3 N–H and O–H groups in total. The first-order valence-corrected chi connectivity index (χ1v) is 9.22. The van der Waals surface area contributed by atoms with Gasteiger partial charge in [-0.15, -0.1) is 6.58 Å². The third-order valence-corrected chi connectivity index (χ3v) is 4.03. The lowest BCUT2D eigenvalue weighted by molar-refractivity contribution is -0.125. The van der Waals surface area contributed by atoms with Crippen molar-refractivity contribution in [2.75, 3.05) is 6.54 Å². The molecule has 1 unspecified atom stereocenters. The van der Waals surface area contributed by atoms with Crippen LogP contribution in [0.25, 0.3) is 0 Å². The van der Waals surface area contributed by atoms with Crippen LogP contribution in [0.2, 0.25) is 0 Å². The molecule has 0 aliphatic carbocycles. The summed E-state index contributed by atoms with van der Waals surface area (Å²) in [6.45, 7) is 13.7. The van der Waals surface area contributed by atoms with Crippen LogP contribution >= 0.6 is 0 Å². The summed E-state index contributed by atoms with van der Waals surface area (Å²) in [5.74, 6) is -0.200. The summed E-state index contributed by atoms with van der Waals surface area (Å²) in [6.07, 6.45) is 2.75. The number of nitrogens with one attached hydrogen (secondary N) is 3. The number of carbonyl (C=O) groups is 3. The van der Waals surface area contributed by atoms with E-state index in [1.54, 1.807) is 26.8 Å². The molecule has 148 valence electrons. The fourth-order valence-corrected chi connectivity index (χ4v) is 2.83. The lowest BCUT2D eigenvalue weighted by Gasteiger charge is -2.26. The van der Waals surface area contributed by atoms with Gasteiger partial charge in [-0.1, -0.05) is 19.9 Å². The highest BCUT2D eigenvalue weighted by molar-refractivity contribution is 5.86. The quantitative estimate of drug-likeness (QED) is 0.573. The van der Waals surface area contributed by atoms with Gasteiger partial charge in [-0.25, -0.2) is 4.79 Å². The van der Waals surface area contributed by atoms with Gasteiger partial charge >= 0.3 is 6.09 Å². The highest BCUT2D eigenvalue weighted by Crippen LogP contribution is 2.17. The summed E-state index contributed by atoms with van der Waals surface area (Å²) in [5.41, 5.74) is -0.636. The topological polar surface area (TPSA) is 96.5 Å². The highest BCUT2D eigenvalue weighted by atomic mass is 16.6. The zero-order valence-corrected chi connectivity index (χ0v) is 16.6. The van der Waals surface area contributed by atoms with Crippen LogP contribution in [0.15, 0.2) is 12.7 Å². The minimum Gasteiger partial charge on any atom is -0.444 e. The zero-order chi connectivity index (χ0) is 19.9. The Morgan fingerprint density at radius 1 is 1.35 bits per heavy atom. The molecule has 0 aromatic carbocycles. The number of ether oxygens (including phenoxy) is 1. The predicted octanol–water partition coefficient (Wildman–Crippen LogP) is 2.12. The molecule has 7 nitrogen and oxygen atoms in total. The minimum atomic E-state index is -0.704. The normalized spacial score (nSPS) is 19.5. The number of alkyl carbamates (subject to hydrolysis) is 1. The van der Waals surface area contributed by atoms with E-state index in [0.717, 1.165) is 6.42 Å². The minimum absolute atomic E-state index is 0.0108. The lowest BCUT2D eigenvalue weighted by Crippen LogP contribution is -2.51. The van der Waals surface area contributed by atoms with Gasteiger partial charge in [0.05, 0.1) is 0 Å². The standard InChI is InChI=1S/C19H33N3O4/c1-7-14(11-13-8-9-20-16(13)23)21-17(24)15(10-12(2)3)22-18(25)26-19(4,5)6/h7,12-15H,1,8-11H2,2-6H3,(H,20,23)(H,21,24)(H,22,25)/t13-,14?,15-/m0/s1. The molecular formula is C19H33N3O4. The Balaban J connectivity index is 2.69. The Morgan fingerprint density at radius 3 is 2.46 bits per heavy atom. The van der Waals surface area contributed by atoms with Gasteiger partial charge in [-0.05, 0) is 46.0 Å².